The highest BCUT2D eigenvalue weighted by molar-refractivity contribution is 5.30. The zero-order valence-electron chi connectivity index (χ0n) is 10.4. The summed E-state index contributed by atoms with van der Waals surface area (Å²) in [6, 6.07) is 4.38. The number of rotatable bonds is 4. The van der Waals surface area contributed by atoms with Gasteiger partial charge in [0.25, 0.3) is 0 Å². The summed E-state index contributed by atoms with van der Waals surface area (Å²) in [4.78, 5) is 4.12. The van der Waals surface area contributed by atoms with Gasteiger partial charge in [0.1, 0.15) is 24.0 Å². The number of aromatic nitrogens is 2. The maximum atomic E-state index is 13.7. The second-order valence-corrected chi connectivity index (χ2v) is 4.22. The molecule has 2 rings (SSSR count). The van der Waals surface area contributed by atoms with Gasteiger partial charge in [-0.3, -0.25) is 0 Å². The van der Waals surface area contributed by atoms with Crippen LogP contribution in [0.1, 0.15) is 24.4 Å². The quantitative estimate of drug-likeness (QED) is 0.903. The van der Waals surface area contributed by atoms with E-state index in [0.29, 0.717) is 17.9 Å². The van der Waals surface area contributed by atoms with Crippen LogP contribution in [0.4, 0.5) is 4.39 Å². The summed E-state index contributed by atoms with van der Waals surface area (Å²) in [5.74, 6) is 0.911. The van der Waals surface area contributed by atoms with Crippen molar-refractivity contribution in [1.29, 1.82) is 0 Å². The second-order valence-electron chi connectivity index (χ2n) is 4.22. The number of nitrogens with two attached hydrogens (primary N) is 1. The highest BCUT2D eigenvalue weighted by atomic mass is 19.1. The molecule has 0 aliphatic carbocycles. The van der Waals surface area contributed by atoms with E-state index in [9.17, 15) is 4.39 Å². The molecule has 1 aromatic carbocycles. The van der Waals surface area contributed by atoms with Gasteiger partial charge in [0.2, 0.25) is 0 Å². The molecule has 5 heteroatoms. The maximum absolute atomic E-state index is 13.7. The number of imidazole rings is 1. The van der Waals surface area contributed by atoms with Crippen LogP contribution in [0.2, 0.25) is 0 Å². The maximum Gasteiger partial charge on any atom is 0.146 e. The molecule has 0 spiro atoms. The van der Waals surface area contributed by atoms with Crippen molar-refractivity contribution < 1.29 is 9.13 Å². The van der Waals surface area contributed by atoms with Crippen LogP contribution in [-0.4, -0.2) is 9.55 Å². The lowest BCUT2D eigenvalue weighted by atomic mass is 10.1. The first kappa shape index (κ1) is 12.6. The topological polar surface area (TPSA) is 53.1 Å². The third kappa shape index (κ3) is 2.68. The van der Waals surface area contributed by atoms with E-state index in [1.807, 2.05) is 17.8 Å². The summed E-state index contributed by atoms with van der Waals surface area (Å²) in [5, 5.41) is 0. The monoisotopic (exact) mass is 249 g/mol. The van der Waals surface area contributed by atoms with Crippen LogP contribution in [0.15, 0.2) is 30.6 Å². The Kier molecular flexibility index (Phi) is 3.62. The van der Waals surface area contributed by atoms with Gasteiger partial charge >= 0.3 is 0 Å². The van der Waals surface area contributed by atoms with Crippen molar-refractivity contribution in [3.8, 4) is 5.75 Å². The van der Waals surface area contributed by atoms with E-state index in [2.05, 4.69) is 4.98 Å². The highest BCUT2D eigenvalue weighted by Crippen LogP contribution is 2.21. The van der Waals surface area contributed by atoms with Gasteiger partial charge in [-0.25, -0.2) is 9.37 Å². The van der Waals surface area contributed by atoms with Gasteiger partial charge in [-0.2, -0.15) is 0 Å². The Morgan fingerprint density at radius 1 is 1.50 bits per heavy atom. The lowest BCUT2D eigenvalue weighted by Crippen LogP contribution is -2.08. The van der Waals surface area contributed by atoms with E-state index in [1.165, 1.54) is 6.07 Å². The zero-order chi connectivity index (χ0) is 13.1. The molecule has 1 aromatic heterocycles. The Hall–Kier alpha value is -1.88. The molecule has 0 aliphatic heterocycles. The Labute approximate surface area is 105 Å². The summed E-state index contributed by atoms with van der Waals surface area (Å²) in [6.07, 6.45) is 3.52. The van der Waals surface area contributed by atoms with E-state index >= 15 is 0 Å². The minimum absolute atomic E-state index is 0.306. The van der Waals surface area contributed by atoms with Crippen LogP contribution in [0.3, 0.4) is 0 Å². The average molecular weight is 249 g/mol. The van der Waals surface area contributed by atoms with Crippen molar-refractivity contribution in [2.24, 2.45) is 12.8 Å². The number of benzene rings is 1. The average Bonchev–Trinajstić information content (AvgIpc) is 2.72. The Morgan fingerprint density at radius 2 is 2.28 bits per heavy atom. The molecular formula is C13H16FN3O. The van der Waals surface area contributed by atoms with Gasteiger partial charge in [-0.15, -0.1) is 0 Å². The van der Waals surface area contributed by atoms with E-state index in [1.54, 1.807) is 25.3 Å². The van der Waals surface area contributed by atoms with E-state index in [-0.39, 0.29) is 11.9 Å². The summed E-state index contributed by atoms with van der Waals surface area (Å²) in [5.41, 5.74) is 6.13. The molecule has 1 heterocycles. The Bertz CT molecular complexity index is 537. The van der Waals surface area contributed by atoms with E-state index in [4.69, 9.17) is 10.5 Å². The van der Waals surface area contributed by atoms with Gasteiger partial charge < -0.3 is 15.0 Å². The molecule has 0 saturated carbocycles. The van der Waals surface area contributed by atoms with Gasteiger partial charge in [-0.05, 0) is 13.0 Å². The lowest BCUT2D eigenvalue weighted by molar-refractivity contribution is 0.290. The molecule has 2 N–H and O–H groups in total. The molecule has 96 valence electrons. The normalized spacial score (nSPS) is 12.4. The van der Waals surface area contributed by atoms with Crippen LogP contribution in [-0.2, 0) is 13.7 Å². The van der Waals surface area contributed by atoms with E-state index in [0.717, 1.165) is 5.82 Å². The second kappa shape index (κ2) is 5.18. The Morgan fingerprint density at radius 3 is 2.83 bits per heavy atom. The largest absolute Gasteiger partial charge is 0.486 e. The highest BCUT2D eigenvalue weighted by Gasteiger charge is 2.08. The predicted octanol–water partition coefficient (Wildman–Crippen LogP) is 2.16. The minimum Gasteiger partial charge on any atom is -0.486 e. The molecule has 0 radical (unpaired) electrons. The van der Waals surface area contributed by atoms with Crippen LogP contribution in [0, 0.1) is 5.82 Å². The zero-order valence-corrected chi connectivity index (χ0v) is 10.4. The third-order valence-corrected chi connectivity index (χ3v) is 2.75. The minimum atomic E-state index is -0.345. The van der Waals surface area contributed by atoms with E-state index < -0.39 is 0 Å². The molecule has 0 aliphatic rings. The van der Waals surface area contributed by atoms with Crippen LogP contribution < -0.4 is 10.5 Å². The molecule has 18 heavy (non-hydrogen) atoms. The first-order valence-corrected chi connectivity index (χ1v) is 5.72. The first-order valence-electron chi connectivity index (χ1n) is 5.72. The van der Waals surface area contributed by atoms with Crippen LogP contribution in [0.25, 0.3) is 0 Å². The van der Waals surface area contributed by atoms with Crippen molar-refractivity contribution in [2.75, 3.05) is 0 Å². The molecule has 1 unspecified atom stereocenters. The number of ether oxygens (including phenoxy) is 1. The molecule has 4 nitrogen and oxygen atoms in total. The van der Waals surface area contributed by atoms with Gasteiger partial charge in [0.05, 0.1) is 0 Å². The summed E-state index contributed by atoms with van der Waals surface area (Å²) in [6.45, 7) is 2.05. The number of nitrogens with zero attached hydrogens (tertiary/aromatic N) is 2. The molecule has 0 amide bonds. The van der Waals surface area contributed by atoms with Crippen LogP contribution in [0.5, 0.6) is 5.75 Å². The fourth-order valence-electron chi connectivity index (χ4n) is 1.65. The summed E-state index contributed by atoms with van der Waals surface area (Å²) in [7, 11) is 1.88. The molecule has 1 atom stereocenters. The number of hydrogen-bond donors (Lipinski definition) is 1. The smallest absolute Gasteiger partial charge is 0.146 e. The first-order chi connectivity index (χ1) is 8.58. The lowest BCUT2D eigenvalue weighted by Gasteiger charge is -2.10. The molecule has 0 bridgehead atoms. The van der Waals surface area contributed by atoms with Crippen molar-refractivity contribution in [3.05, 3.63) is 47.8 Å². The van der Waals surface area contributed by atoms with Crippen molar-refractivity contribution >= 4 is 0 Å². The van der Waals surface area contributed by atoms with Gasteiger partial charge in [-0.1, -0.05) is 6.07 Å². The SMILES string of the molecule is CC(N)c1ccc(OCc2nccn2C)cc1F. The molecule has 2 aromatic rings. The van der Waals surface area contributed by atoms with Gasteiger partial charge in [0, 0.05) is 37.1 Å². The standard InChI is InChI=1S/C13H16FN3O/c1-9(15)11-4-3-10(7-12(11)14)18-8-13-16-5-6-17(13)2/h3-7,9H,8,15H2,1-2H3. The molecular weight excluding hydrogens is 233 g/mol. The molecule has 0 fully saturated rings. The third-order valence-electron chi connectivity index (χ3n) is 2.75. The van der Waals surface area contributed by atoms with Crippen molar-refractivity contribution in [1.82, 2.24) is 9.55 Å². The van der Waals surface area contributed by atoms with Crippen molar-refractivity contribution in [2.45, 2.75) is 19.6 Å². The summed E-state index contributed by atoms with van der Waals surface area (Å²) < 4.78 is 21.0. The summed E-state index contributed by atoms with van der Waals surface area (Å²) >= 11 is 0. The predicted molar refractivity (Wildman–Crippen MR) is 66.5 cm³/mol. The fourth-order valence-corrected chi connectivity index (χ4v) is 1.65. The fraction of sp³-hybridized carbons (Fsp3) is 0.308. The van der Waals surface area contributed by atoms with Crippen LogP contribution >= 0.6 is 0 Å². The molecule has 0 saturated heterocycles. The number of aryl methyl sites for hydroxylation is 1. The van der Waals surface area contributed by atoms with Gasteiger partial charge in [0.15, 0.2) is 0 Å². The number of halogens is 1. The number of hydrogen-bond acceptors (Lipinski definition) is 3. The Balaban J connectivity index is 2.07. The van der Waals surface area contributed by atoms with Crippen molar-refractivity contribution in [3.63, 3.8) is 0 Å².